The van der Waals surface area contributed by atoms with Gasteiger partial charge < -0.3 is 4.74 Å². The van der Waals surface area contributed by atoms with Crippen molar-refractivity contribution < 1.29 is 4.74 Å². The lowest BCUT2D eigenvalue weighted by Crippen LogP contribution is -2.08. The minimum absolute atomic E-state index is 0.726. The molecule has 0 aliphatic heterocycles. The molecule has 4 heteroatoms. The first kappa shape index (κ1) is 15.3. The number of aryl methyl sites for hydroxylation is 2. The van der Waals surface area contributed by atoms with E-state index in [4.69, 9.17) is 9.72 Å². The number of pyridine rings is 1. The Morgan fingerprint density at radius 3 is 3.00 bits per heavy atom. The van der Waals surface area contributed by atoms with Gasteiger partial charge in [0.1, 0.15) is 11.1 Å². The highest BCUT2D eigenvalue weighted by Crippen LogP contribution is 2.27. The molecule has 1 aliphatic carbocycles. The van der Waals surface area contributed by atoms with Gasteiger partial charge in [-0.05, 0) is 43.7 Å². The van der Waals surface area contributed by atoms with Gasteiger partial charge in [-0.25, -0.2) is 4.98 Å². The second kappa shape index (κ2) is 8.28. The van der Waals surface area contributed by atoms with Crippen molar-refractivity contribution in [3.05, 3.63) is 22.9 Å². The third-order valence-corrected chi connectivity index (χ3v) is 4.45. The molecule has 20 heavy (non-hydrogen) atoms. The van der Waals surface area contributed by atoms with E-state index in [9.17, 15) is 5.26 Å². The largest absolute Gasteiger partial charge is 0.381 e. The average Bonchev–Trinajstić information content (AvgIpc) is 2.50. The smallest absolute Gasteiger partial charge is 0.114 e. The fraction of sp³-hybridized carbons (Fsp3) is 0.625. The van der Waals surface area contributed by atoms with E-state index in [1.807, 2.05) is 6.07 Å². The standard InChI is InChI=1S/C16H22N2OS/c1-2-3-8-19-9-10-20-16-14(12-17)11-13-6-4-5-7-15(13)18-16/h11H,2-10H2,1H3. The lowest BCUT2D eigenvalue weighted by Gasteiger charge is -2.16. The zero-order valence-electron chi connectivity index (χ0n) is 12.2. The first-order valence-corrected chi connectivity index (χ1v) is 8.47. The third kappa shape index (κ3) is 4.22. The molecule has 0 aromatic carbocycles. The highest BCUT2D eigenvalue weighted by atomic mass is 32.2. The molecule has 0 saturated carbocycles. The van der Waals surface area contributed by atoms with E-state index in [1.165, 1.54) is 24.1 Å². The Labute approximate surface area is 125 Å². The zero-order valence-corrected chi connectivity index (χ0v) is 13.0. The summed E-state index contributed by atoms with van der Waals surface area (Å²) in [6.07, 6.45) is 6.85. The Morgan fingerprint density at radius 2 is 2.20 bits per heavy atom. The Bertz CT molecular complexity index is 482. The predicted octanol–water partition coefficient (Wildman–Crippen LogP) is 3.74. The van der Waals surface area contributed by atoms with Crippen molar-refractivity contribution in [1.82, 2.24) is 4.98 Å². The minimum Gasteiger partial charge on any atom is -0.381 e. The SMILES string of the molecule is CCCCOCCSc1nc2c(cc1C#N)CCCC2. The van der Waals surface area contributed by atoms with Crippen LogP contribution in [0.1, 0.15) is 49.4 Å². The Hall–Kier alpha value is -1.05. The van der Waals surface area contributed by atoms with Crippen molar-refractivity contribution in [2.24, 2.45) is 0 Å². The van der Waals surface area contributed by atoms with Crippen molar-refractivity contribution >= 4 is 11.8 Å². The molecule has 0 atom stereocenters. The maximum absolute atomic E-state index is 9.26. The van der Waals surface area contributed by atoms with E-state index in [0.717, 1.165) is 55.2 Å². The molecule has 0 saturated heterocycles. The molecule has 2 rings (SSSR count). The number of ether oxygens (including phenoxy) is 1. The Morgan fingerprint density at radius 1 is 1.35 bits per heavy atom. The number of hydrogen-bond donors (Lipinski definition) is 0. The van der Waals surface area contributed by atoms with Gasteiger partial charge in [-0.2, -0.15) is 5.26 Å². The van der Waals surface area contributed by atoms with Crippen LogP contribution >= 0.6 is 11.8 Å². The van der Waals surface area contributed by atoms with E-state index in [-0.39, 0.29) is 0 Å². The fourth-order valence-corrected chi connectivity index (χ4v) is 3.18. The summed E-state index contributed by atoms with van der Waals surface area (Å²) in [7, 11) is 0. The van der Waals surface area contributed by atoms with Crippen LogP contribution in [0.25, 0.3) is 0 Å². The van der Waals surface area contributed by atoms with Gasteiger partial charge in [-0.3, -0.25) is 0 Å². The maximum Gasteiger partial charge on any atom is 0.114 e. The number of unbranched alkanes of at least 4 members (excludes halogenated alkanes) is 1. The quantitative estimate of drug-likeness (QED) is 0.567. The fourth-order valence-electron chi connectivity index (χ4n) is 2.35. The zero-order chi connectivity index (χ0) is 14.2. The molecule has 0 fully saturated rings. The van der Waals surface area contributed by atoms with Crippen LogP contribution in [0.2, 0.25) is 0 Å². The van der Waals surface area contributed by atoms with Crippen molar-refractivity contribution in [3.8, 4) is 6.07 Å². The summed E-state index contributed by atoms with van der Waals surface area (Å²) in [6, 6.07) is 4.33. The molecule has 0 amide bonds. The monoisotopic (exact) mass is 290 g/mol. The van der Waals surface area contributed by atoms with Gasteiger partial charge in [0.25, 0.3) is 0 Å². The molecule has 0 spiro atoms. The van der Waals surface area contributed by atoms with Crippen LogP contribution in [-0.2, 0) is 17.6 Å². The van der Waals surface area contributed by atoms with E-state index in [0.29, 0.717) is 0 Å². The molecule has 0 N–H and O–H groups in total. The molecule has 108 valence electrons. The van der Waals surface area contributed by atoms with E-state index < -0.39 is 0 Å². The lowest BCUT2D eigenvalue weighted by molar-refractivity contribution is 0.147. The van der Waals surface area contributed by atoms with Crippen LogP contribution in [0.3, 0.4) is 0 Å². The number of rotatable bonds is 7. The summed E-state index contributed by atoms with van der Waals surface area (Å²) in [4.78, 5) is 4.70. The van der Waals surface area contributed by atoms with Crippen molar-refractivity contribution in [1.29, 1.82) is 5.26 Å². The van der Waals surface area contributed by atoms with Gasteiger partial charge in [0.2, 0.25) is 0 Å². The van der Waals surface area contributed by atoms with Gasteiger partial charge >= 0.3 is 0 Å². The normalized spacial score (nSPS) is 13.8. The van der Waals surface area contributed by atoms with Gasteiger partial charge in [0.05, 0.1) is 12.2 Å². The molecule has 0 unspecified atom stereocenters. The number of nitriles is 1. The maximum atomic E-state index is 9.26. The number of hydrogen-bond acceptors (Lipinski definition) is 4. The lowest BCUT2D eigenvalue weighted by atomic mass is 9.95. The van der Waals surface area contributed by atoms with Crippen LogP contribution < -0.4 is 0 Å². The number of thioether (sulfide) groups is 1. The van der Waals surface area contributed by atoms with Crippen LogP contribution in [0.4, 0.5) is 0 Å². The average molecular weight is 290 g/mol. The highest BCUT2D eigenvalue weighted by Gasteiger charge is 2.15. The molecule has 3 nitrogen and oxygen atoms in total. The highest BCUT2D eigenvalue weighted by molar-refractivity contribution is 7.99. The summed E-state index contributed by atoms with van der Waals surface area (Å²) in [6.45, 7) is 3.72. The molecule has 1 heterocycles. The molecular formula is C16H22N2OS. The van der Waals surface area contributed by atoms with Gasteiger partial charge in [0.15, 0.2) is 0 Å². The van der Waals surface area contributed by atoms with Crippen molar-refractivity contribution in [2.45, 2.75) is 50.5 Å². The van der Waals surface area contributed by atoms with E-state index in [2.05, 4.69) is 13.0 Å². The Balaban J connectivity index is 1.91. The number of nitrogens with zero attached hydrogens (tertiary/aromatic N) is 2. The molecule has 0 radical (unpaired) electrons. The first-order chi connectivity index (χ1) is 9.85. The van der Waals surface area contributed by atoms with Crippen molar-refractivity contribution in [2.75, 3.05) is 19.0 Å². The second-order valence-electron chi connectivity index (χ2n) is 5.08. The van der Waals surface area contributed by atoms with Gasteiger partial charge in [0, 0.05) is 18.1 Å². The van der Waals surface area contributed by atoms with Crippen LogP contribution in [0.5, 0.6) is 0 Å². The summed E-state index contributed by atoms with van der Waals surface area (Å²) < 4.78 is 5.55. The van der Waals surface area contributed by atoms with Gasteiger partial charge in [-0.1, -0.05) is 13.3 Å². The van der Waals surface area contributed by atoms with Crippen LogP contribution in [0, 0.1) is 11.3 Å². The summed E-state index contributed by atoms with van der Waals surface area (Å²) in [5.74, 6) is 0.865. The topological polar surface area (TPSA) is 45.9 Å². The summed E-state index contributed by atoms with van der Waals surface area (Å²) in [5.41, 5.74) is 3.20. The van der Waals surface area contributed by atoms with Crippen molar-refractivity contribution in [3.63, 3.8) is 0 Å². The first-order valence-electron chi connectivity index (χ1n) is 7.48. The van der Waals surface area contributed by atoms with Gasteiger partial charge in [-0.15, -0.1) is 11.8 Å². The second-order valence-corrected chi connectivity index (χ2v) is 6.16. The molecule has 1 aliphatic rings. The van der Waals surface area contributed by atoms with E-state index in [1.54, 1.807) is 11.8 Å². The van der Waals surface area contributed by atoms with Crippen LogP contribution in [0.15, 0.2) is 11.1 Å². The van der Waals surface area contributed by atoms with E-state index >= 15 is 0 Å². The minimum atomic E-state index is 0.726. The number of fused-ring (bicyclic) bond motifs is 1. The molecule has 0 bridgehead atoms. The Kier molecular flexibility index (Phi) is 6.35. The summed E-state index contributed by atoms with van der Waals surface area (Å²) >= 11 is 1.64. The molecule has 1 aromatic rings. The van der Waals surface area contributed by atoms with Crippen LogP contribution in [-0.4, -0.2) is 24.0 Å². The third-order valence-electron chi connectivity index (χ3n) is 3.49. The predicted molar refractivity (Wildman–Crippen MR) is 82.0 cm³/mol. The number of aromatic nitrogens is 1. The summed E-state index contributed by atoms with van der Waals surface area (Å²) in [5, 5.41) is 10.1. The molecular weight excluding hydrogens is 268 g/mol. The molecule has 1 aromatic heterocycles.